The highest BCUT2D eigenvalue weighted by Gasteiger charge is 2.25. The molecule has 6 heteroatoms. The van der Waals surface area contributed by atoms with Gasteiger partial charge in [0.05, 0.1) is 38.9 Å². The number of ether oxygens (including phenoxy) is 1. The SMILES string of the molecule is COc1ccc(C[NH+]2CCN(C(=O)c3ccc(F)cc3Br)CC2)cc1. The van der Waals surface area contributed by atoms with E-state index in [4.69, 9.17) is 4.74 Å². The van der Waals surface area contributed by atoms with Gasteiger partial charge in [-0.25, -0.2) is 4.39 Å². The smallest absolute Gasteiger partial charge is 0.255 e. The molecule has 1 aliphatic heterocycles. The van der Waals surface area contributed by atoms with Crippen LogP contribution in [0.15, 0.2) is 46.9 Å². The molecule has 1 saturated heterocycles. The number of carbonyl (C=O) groups is 1. The van der Waals surface area contributed by atoms with Crippen molar-refractivity contribution in [2.45, 2.75) is 6.54 Å². The van der Waals surface area contributed by atoms with Crippen LogP contribution in [0.4, 0.5) is 4.39 Å². The maximum absolute atomic E-state index is 13.2. The zero-order valence-electron chi connectivity index (χ0n) is 14.1. The number of amides is 1. The summed E-state index contributed by atoms with van der Waals surface area (Å²) in [4.78, 5) is 15.9. The maximum Gasteiger partial charge on any atom is 0.255 e. The zero-order chi connectivity index (χ0) is 17.8. The van der Waals surface area contributed by atoms with Crippen LogP contribution in [0, 0.1) is 5.82 Å². The van der Waals surface area contributed by atoms with Crippen LogP contribution in [-0.4, -0.2) is 44.1 Å². The molecule has 25 heavy (non-hydrogen) atoms. The van der Waals surface area contributed by atoms with E-state index in [0.29, 0.717) is 23.1 Å². The van der Waals surface area contributed by atoms with Crippen molar-refractivity contribution in [1.29, 1.82) is 0 Å². The summed E-state index contributed by atoms with van der Waals surface area (Å²) in [5, 5.41) is 0. The summed E-state index contributed by atoms with van der Waals surface area (Å²) in [5.74, 6) is 0.464. The van der Waals surface area contributed by atoms with Crippen molar-refractivity contribution >= 4 is 21.8 Å². The second-order valence-electron chi connectivity index (χ2n) is 6.19. The lowest BCUT2D eigenvalue weighted by Gasteiger charge is -2.32. The van der Waals surface area contributed by atoms with E-state index in [2.05, 4.69) is 28.1 Å². The Balaban J connectivity index is 1.56. The van der Waals surface area contributed by atoms with Gasteiger partial charge < -0.3 is 14.5 Å². The topological polar surface area (TPSA) is 34.0 Å². The minimum atomic E-state index is -0.350. The summed E-state index contributed by atoms with van der Waals surface area (Å²) in [6.07, 6.45) is 0. The quantitative estimate of drug-likeness (QED) is 0.842. The standard InChI is InChI=1S/C19H20BrFN2O2/c1-25-16-5-2-14(3-6-16)13-22-8-10-23(11-9-22)19(24)17-7-4-15(21)12-18(17)20/h2-7,12H,8-11,13H2,1H3/p+1. The molecule has 0 aromatic heterocycles. The molecule has 2 aromatic carbocycles. The largest absolute Gasteiger partial charge is 0.497 e. The van der Waals surface area contributed by atoms with E-state index in [-0.39, 0.29) is 11.7 Å². The fourth-order valence-electron chi connectivity index (χ4n) is 3.07. The minimum Gasteiger partial charge on any atom is -0.497 e. The first-order valence-electron chi connectivity index (χ1n) is 8.27. The molecule has 0 unspecified atom stereocenters. The van der Waals surface area contributed by atoms with Crippen molar-refractivity contribution in [3.8, 4) is 5.75 Å². The molecule has 0 atom stereocenters. The third-order valence-electron chi connectivity index (χ3n) is 4.53. The Kier molecular flexibility index (Phi) is 5.71. The predicted octanol–water partition coefficient (Wildman–Crippen LogP) is 2.14. The summed E-state index contributed by atoms with van der Waals surface area (Å²) in [7, 11) is 1.66. The van der Waals surface area contributed by atoms with Crippen molar-refractivity contribution in [3.05, 3.63) is 63.9 Å². The van der Waals surface area contributed by atoms with Crippen LogP contribution in [0.2, 0.25) is 0 Å². The van der Waals surface area contributed by atoms with E-state index in [1.165, 1.54) is 22.6 Å². The van der Waals surface area contributed by atoms with Gasteiger partial charge in [-0.1, -0.05) is 0 Å². The first-order valence-corrected chi connectivity index (χ1v) is 9.07. The van der Waals surface area contributed by atoms with Gasteiger partial charge in [0.2, 0.25) is 0 Å². The van der Waals surface area contributed by atoms with Crippen molar-refractivity contribution < 1.29 is 18.8 Å². The van der Waals surface area contributed by atoms with Gasteiger partial charge in [-0.05, 0) is 58.4 Å². The Morgan fingerprint density at radius 3 is 2.48 bits per heavy atom. The van der Waals surface area contributed by atoms with Crippen LogP contribution in [0.3, 0.4) is 0 Å². The van der Waals surface area contributed by atoms with Gasteiger partial charge in [0.25, 0.3) is 5.91 Å². The fourth-order valence-corrected chi connectivity index (χ4v) is 3.59. The first kappa shape index (κ1) is 17.9. The third-order valence-corrected chi connectivity index (χ3v) is 5.19. The average molecular weight is 408 g/mol. The lowest BCUT2D eigenvalue weighted by molar-refractivity contribution is -0.917. The maximum atomic E-state index is 13.2. The van der Waals surface area contributed by atoms with Crippen LogP contribution in [0.1, 0.15) is 15.9 Å². The Labute approximate surface area is 155 Å². The number of carbonyl (C=O) groups excluding carboxylic acids is 1. The molecule has 1 heterocycles. The molecule has 4 nitrogen and oxygen atoms in total. The Bertz CT molecular complexity index is 744. The number of benzene rings is 2. The van der Waals surface area contributed by atoms with Crippen LogP contribution in [-0.2, 0) is 6.54 Å². The summed E-state index contributed by atoms with van der Waals surface area (Å²) in [6, 6.07) is 12.3. The van der Waals surface area contributed by atoms with Crippen molar-refractivity contribution in [2.75, 3.05) is 33.3 Å². The van der Waals surface area contributed by atoms with E-state index < -0.39 is 0 Å². The van der Waals surface area contributed by atoms with Crippen LogP contribution >= 0.6 is 15.9 Å². The summed E-state index contributed by atoms with van der Waals surface area (Å²) in [5.41, 5.74) is 1.77. The highest BCUT2D eigenvalue weighted by molar-refractivity contribution is 9.10. The molecular weight excluding hydrogens is 387 g/mol. The second-order valence-corrected chi connectivity index (χ2v) is 7.05. The molecule has 0 aliphatic carbocycles. The molecular formula is C19H21BrFN2O2+. The van der Waals surface area contributed by atoms with Crippen LogP contribution in [0.5, 0.6) is 5.75 Å². The van der Waals surface area contributed by atoms with Gasteiger partial charge in [0.15, 0.2) is 0 Å². The van der Waals surface area contributed by atoms with Gasteiger partial charge in [-0.2, -0.15) is 0 Å². The fraction of sp³-hybridized carbons (Fsp3) is 0.316. The summed E-state index contributed by atoms with van der Waals surface area (Å²) in [6.45, 7) is 4.14. The third kappa shape index (κ3) is 4.38. The van der Waals surface area contributed by atoms with Gasteiger partial charge in [-0.15, -0.1) is 0 Å². The second kappa shape index (κ2) is 7.97. The van der Waals surface area contributed by atoms with E-state index in [1.54, 1.807) is 13.2 Å². The van der Waals surface area contributed by atoms with E-state index in [9.17, 15) is 9.18 Å². The number of nitrogens with zero attached hydrogens (tertiary/aromatic N) is 1. The number of methoxy groups -OCH3 is 1. The summed E-state index contributed by atoms with van der Waals surface area (Å²) < 4.78 is 18.9. The minimum absolute atomic E-state index is 0.0460. The molecule has 1 N–H and O–H groups in total. The number of nitrogens with one attached hydrogen (secondary N) is 1. The van der Waals surface area contributed by atoms with E-state index in [1.807, 2.05) is 17.0 Å². The molecule has 0 radical (unpaired) electrons. The highest BCUT2D eigenvalue weighted by Crippen LogP contribution is 2.20. The molecule has 132 valence electrons. The van der Waals surface area contributed by atoms with E-state index >= 15 is 0 Å². The molecule has 2 aromatic rings. The Morgan fingerprint density at radius 2 is 1.88 bits per heavy atom. The zero-order valence-corrected chi connectivity index (χ0v) is 15.7. The molecule has 0 spiro atoms. The molecule has 0 saturated carbocycles. The number of halogens is 2. The number of piperazine rings is 1. The van der Waals surface area contributed by atoms with Gasteiger partial charge in [0, 0.05) is 10.0 Å². The number of hydrogen-bond acceptors (Lipinski definition) is 2. The normalized spacial score (nSPS) is 15.2. The molecule has 1 aliphatic rings. The highest BCUT2D eigenvalue weighted by atomic mass is 79.9. The number of quaternary nitrogens is 1. The predicted molar refractivity (Wildman–Crippen MR) is 97.4 cm³/mol. The first-order chi connectivity index (χ1) is 12.1. The van der Waals surface area contributed by atoms with Gasteiger partial charge in [0.1, 0.15) is 18.1 Å². The number of hydrogen-bond donors (Lipinski definition) is 1. The molecule has 1 amide bonds. The van der Waals surface area contributed by atoms with Crippen molar-refractivity contribution in [2.24, 2.45) is 0 Å². The van der Waals surface area contributed by atoms with Crippen molar-refractivity contribution in [1.82, 2.24) is 4.90 Å². The van der Waals surface area contributed by atoms with Crippen LogP contribution < -0.4 is 9.64 Å². The van der Waals surface area contributed by atoms with Crippen molar-refractivity contribution in [3.63, 3.8) is 0 Å². The van der Waals surface area contributed by atoms with Gasteiger partial charge in [-0.3, -0.25) is 4.79 Å². The van der Waals surface area contributed by atoms with Gasteiger partial charge >= 0.3 is 0 Å². The average Bonchev–Trinajstić information content (AvgIpc) is 2.62. The summed E-state index contributed by atoms with van der Waals surface area (Å²) >= 11 is 3.28. The molecule has 3 rings (SSSR count). The monoisotopic (exact) mass is 407 g/mol. The molecule has 1 fully saturated rings. The lowest BCUT2D eigenvalue weighted by Crippen LogP contribution is -3.13. The van der Waals surface area contributed by atoms with E-state index in [0.717, 1.165) is 25.4 Å². The van der Waals surface area contributed by atoms with Crippen LogP contribution in [0.25, 0.3) is 0 Å². The Hall–Kier alpha value is -1.92. The lowest BCUT2D eigenvalue weighted by atomic mass is 10.1. The number of rotatable bonds is 4. The Morgan fingerprint density at radius 1 is 1.20 bits per heavy atom. The molecule has 0 bridgehead atoms.